The van der Waals surface area contributed by atoms with Crippen LogP contribution < -0.4 is 10.4 Å². The molecule has 0 saturated carbocycles. The second-order valence-electron chi connectivity index (χ2n) is 6.54. The first-order valence-electron chi connectivity index (χ1n) is 9.69. The summed E-state index contributed by atoms with van der Waals surface area (Å²) in [5.41, 5.74) is 1.51. The maximum atomic E-state index is 11.5. The van der Waals surface area contributed by atoms with Crippen LogP contribution in [-0.4, -0.2) is 23.1 Å². The maximum Gasteiger partial charge on any atom is 2.00 e. The van der Waals surface area contributed by atoms with Gasteiger partial charge in [-0.3, -0.25) is 9.79 Å². The SMILES string of the molecule is O=C(C=Nc1ccccc1[S-])c1ccco1.O=C(O)c1ccccc1Nc1ccccc1[O-].[Co+2]. The van der Waals surface area contributed by atoms with E-state index in [1.54, 1.807) is 60.7 Å². The van der Waals surface area contributed by atoms with Crippen molar-refractivity contribution in [1.82, 2.24) is 0 Å². The molecule has 2 N–H and O–H groups in total. The summed E-state index contributed by atoms with van der Waals surface area (Å²) >= 11 is 5.06. The summed E-state index contributed by atoms with van der Waals surface area (Å²) in [6.45, 7) is 0. The van der Waals surface area contributed by atoms with Crippen LogP contribution in [0.25, 0.3) is 0 Å². The fraction of sp³-hybridized carbons (Fsp3) is 0. The van der Waals surface area contributed by atoms with Crippen molar-refractivity contribution in [2.24, 2.45) is 4.99 Å². The number of nitrogens with one attached hydrogen (secondary N) is 1. The molecule has 1 heterocycles. The second kappa shape index (κ2) is 12.9. The topological polar surface area (TPSA) is 115 Å². The van der Waals surface area contributed by atoms with E-state index >= 15 is 0 Å². The number of carboxylic acids is 1. The number of carbonyl (C=O) groups excluding carboxylic acids is 1. The molecule has 1 radical (unpaired) electrons. The largest absolute Gasteiger partial charge is 2.00 e. The predicted octanol–water partition coefficient (Wildman–Crippen LogP) is 4.97. The quantitative estimate of drug-likeness (QED) is 0.211. The maximum absolute atomic E-state index is 11.5. The molecule has 3 aromatic carbocycles. The summed E-state index contributed by atoms with van der Waals surface area (Å²) in [6, 6.07) is 23.3. The molecule has 1 aromatic heterocycles. The first-order valence-corrected chi connectivity index (χ1v) is 10.1. The third kappa shape index (κ3) is 7.31. The minimum Gasteiger partial charge on any atom is -0.871 e. The summed E-state index contributed by atoms with van der Waals surface area (Å²) < 4.78 is 4.95. The zero-order valence-corrected chi connectivity index (χ0v) is 19.4. The molecule has 0 aliphatic rings. The molecule has 7 nitrogen and oxygen atoms in total. The molecule has 0 aliphatic heterocycles. The van der Waals surface area contributed by atoms with E-state index in [2.05, 4.69) is 10.3 Å². The van der Waals surface area contributed by atoms with E-state index in [4.69, 9.17) is 22.2 Å². The molecule has 0 spiro atoms. The number of aromatic carboxylic acids is 1. The fourth-order valence-corrected chi connectivity index (χ4v) is 2.87. The van der Waals surface area contributed by atoms with Crippen LogP contribution in [0.4, 0.5) is 17.1 Å². The van der Waals surface area contributed by atoms with Gasteiger partial charge in [-0.2, -0.15) is 0 Å². The summed E-state index contributed by atoms with van der Waals surface area (Å²) in [6.07, 6.45) is 2.66. The van der Waals surface area contributed by atoms with Crippen molar-refractivity contribution in [3.8, 4) is 5.75 Å². The van der Waals surface area contributed by atoms with Crippen LogP contribution in [0.1, 0.15) is 20.9 Å². The molecule has 0 saturated heterocycles. The molecule has 0 unspecified atom stereocenters. The number of carbonyl (C=O) groups is 2. The van der Waals surface area contributed by atoms with Crippen molar-refractivity contribution >= 4 is 47.7 Å². The number of benzene rings is 3. The van der Waals surface area contributed by atoms with E-state index in [9.17, 15) is 14.7 Å². The molecule has 9 heteroatoms. The number of carboxylic acid groups (broad SMARTS) is 1. The molecule has 0 fully saturated rings. The second-order valence-corrected chi connectivity index (χ2v) is 6.98. The summed E-state index contributed by atoms with van der Waals surface area (Å²) in [5.74, 6) is -1.21. The summed E-state index contributed by atoms with van der Waals surface area (Å²) in [7, 11) is 0. The van der Waals surface area contributed by atoms with Gasteiger partial charge in [0, 0.05) is 11.4 Å². The van der Waals surface area contributed by atoms with Crippen molar-refractivity contribution in [2.45, 2.75) is 4.90 Å². The van der Waals surface area contributed by atoms with Gasteiger partial charge in [-0.1, -0.05) is 54.3 Å². The first kappa shape index (κ1) is 26.3. The van der Waals surface area contributed by atoms with E-state index < -0.39 is 5.97 Å². The molecule has 34 heavy (non-hydrogen) atoms. The molecule has 0 atom stereocenters. The Bertz CT molecular complexity index is 1280. The van der Waals surface area contributed by atoms with Gasteiger partial charge in [0.05, 0.1) is 23.7 Å². The Morgan fingerprint density at radius 2 is 1.56 bits per heavy atom. The smallest absolute Gasteiger partial charge is 0.871 e. The van der Waals surface area contributed by atoms with E-state index in [1.807, 2.05) is 12.1 Å². The van der Waals surface area contributed by atoms with Crippen molar-refractivity contribution in [3.63, 3.8) is 0 Å². The number of anilines is 2. The number of aliphatic imine (C=N–C) groups is 1. The predicted molar refractivity (Wildman–Crippen MR) is 126 cm³/mol. The van der Waals surface area contributed by atoms with Gasteiger partial charge >= 0.3 is 22.7 Å². The van der Waals surface area contributed by atoms with Crippen LogP contribution in [0.5, 0.6) is 5.75 Å². The standard InChI is InChI=1S/C13H11NO3.C12H9NO2S.Co/c15-12-8-4-3-7-11(12)14-10-6-2-1-5-9(10)13(16)17;14-10(11-5-3-7-15-11)8-13-9-4-1-2-6-12(9)16;/h1-8,14-15H,(H,16,17);1-8,16H;/q;;+2/p-2. The number of furan rings is 1. The van der Waals surface area contributed by atoms with E-state index in [0.717, 1.165) is 0 Å². The fourth-order valence-electron chi connectivity index (χ4n) is 2.67. The van der Waals surface area contributed by atoms with Gasteiger partial charge < -0.3 is 32.6 Å². The first-order chi connectivity index (χ1) is 16.0. The minimum atomic E-state index is -1.03. The van der Waals surface area contributed by atoms with Crippen molar-refractivity contribution in [2.75, 3.05) is 5.32 Å². The van der Waals surface area contributed by atoms with Crippen LogP contribution >= 0.6 is 0 Å². The van der Waals surface area contributed by atoms with Crippen LogP contribution in [-0.2, 0) is 29.4 Å². The van der Waals surface area contributed by atoms with Crippen LogP contribution in [0.2, 0.25) is 0 Å². The molecule has 0 aliphatic carbocycles. The molecule has 4 rings (SSSR count). The van der Waals surface area contributed by atoms with Gasteiger partial charge in [0.2, 0.25) is 5.78 Å². The Morgan fingerprint density at radius 1 is 0.912 bits per heavy atom. The molecular weight excluding hydrogens is 499 g/mol. The Balaban J connectivity index is 0.000000234. The number of hydrogen-bond acceptors (Lipinski definition) is 7. The number of Topliss-reactive ketones (excluding diaryl/α,β-unsaturated/α-hetero) is 1. The van der Waals surface area contributed by atoms with Crippen LogP contribution in [0.3, 0.4) is 0 Å². The summed E-state index contributed by atoms with van der Waals surface area (Å²) in [4.78, 5) is 27.1. The van der Waals surface area contributed by atoms with Crippen LogP contribution in [0.15, 0.2) is 105 Å². The van der Waals surface area contributed by atoms with E-state index in [0.29, 0.717) is 22.0 Å². The third-order valence-corrected chi connectivity index (χ3v) is 4.61. The third-order valence-electron chi connectivity index (χ3n) is 4.26. The van der Waals surface area contributed by atoms with E-state index in [1.165, 1.54) is 24.6 Å². The zero-order valence-electron chi connectivity index (χ0n) is 17.5. The zero-order chi connectivity index (χ0) is 23.6. The Hall–Kier alpha value is -3.92. The van der Waals surface area contributed by atoms with Gasteiger partial charge in [-0.05, 0) is 36.4 Å². The molecular formula is C25H18CoN2O5S. The molecule has 4 aromatic rings. The van der Waals surface area contributed by atoms with Crippen LogP contribution in [0, 0.1) is 0 Å². The van der Waals surface area contributed by atoms with Gasteiger partial charge in [-0.15, -0.1) is 4.90 Å². The number of nitrogens with zero attached hydrogens (tertiary/aromatic N) is 1. The average Bonchev–Trinajstić information content (AvgIpc) is 3.36. The molecule has 0 amide bonds. The van der Waals surface area contributed by atoms with Crippen molar-refractivity contribution in [1.29, 1.82) is 0 Å². The normalized spacial score (nSPS) is 10.0. The number of hydrogen-bond donors (Lipinski definition) is 2. The Morgan fingerprint density at radius 3 is 2.21 bits per heavy atom. The molecule has 0 bridgehead atoms. The number of para-hydroxylation sites is 4. The average molecular weight is 517 g/mol. The van der Waals surface area contributed by atoms with E-state index in [-0.39, 0.29) is 39.6 Å². The van der Waals surface area contributed by atoms with Gasteiger partial charge in [-0.25, -0.2) is 4.79 Å². The summed E-state index contributed by atoms with van der Waals surface area (Å²) in [5, 5.41) is 23.3. The Labute approximate surface area is 211 Å². The monoisotopic (exact) mass is 517 g/mol. The van der Waals surface area contributed by atoms with Gasteiger partial charge in [0.15, 0.2) is 5.76 Å². The minimum absolute atomic E-state index is 0. The molecule has 173 valence electrons. The van der Waals surface area contributed by atoms with Gasteiger partial charge in [0.1, 0.15) is 0 Å². The van der Waals surface area contributed by atoms with Gasteiger partial charge in [0.25, 0.3) is 0 Å². The van der Waals surface area contributed by atoms with Crippen molar-refractivity contribution in [3.05, 3.63) is 103 Å². The number of ketones is 1. The Kier molecular flexibility index (Phi) is 10.0. The number of rotatable bonds is 6. The van der Waals surface area contributed by atoms with Crippen molar-refractivity contribution < 1.29 is 41.0 Å².